The normalized spacial score (nSPS) is 28.2. The van der Waals surface area contributed by atoms with Crippen molar-refractivity contribution in [3.05, 3.63) is 11.8 Å². The van der Waals surface area contributed by atoms with Crippen LogP contribution >= 0.6 is 0 Å². The molecule has 0 amide bonds. The third-order valence-electron chi connectivity index (χ3n) is 5.19. The van der Waals surface area contributed by atoms with E-state index in [1.165, 1.54) is 16.2 Å². The minimum atomic E-state index is -0.624. The Morgan fingerprint density at radius 2 is 1.54 bits per heavy atom. The van der Waals surface area contributed by atoms with Gasteiger partial charge in [0.05, 0.1) is 28.4 Å². The van der Waals surface area contributed by atoms with Crippen molar-refractivity contribution < 1.29 is 20.0 Å². The number of hydrogen-bond acceptors (Lipinski definition) is 8. The molecule has 1 saturated heterocycles. The third-order valence-corrected chi connectivity index (χ3v) is 5.19. The molecular formula is C18H30N4O4. The second-order valence-electron chi connectivity index (χ2n) is 8.98. The van der Waals surface area contributed by atoms with Crippen molar-refractivity contribution in [2.45, 2.75) is 90.0 Å². The van der Waals surface area contributed by atoms with Gasteiger partial charge in [-0.15, -0.1) is 0 Å². The number of aliphatic imine (C=N–C) groups is 2. The fourth-order valence-electron chi connectivity index (χ4n) is 3.62. The molecule has 0 spiro atoms. The summed E-state index contributed by atoms with van der Waals surface area (Å²) in [5, 5.41) is 22.1. The highest BCUT2D eigenvalue weighted by Gasteiger charge is 2.51. The summed E-state index contributed by atoms with van der Waals surface area (Å²) >= 11 is 0. The van der Waals surface area contributed by atoms with Crippen molar-refractivity contribution in [1.82, 2.24) is 10.1 Å². The van der Waals surface area contributed by atoms with Crippen LogP contribution in [0.3, 0.4) is 0 Å². The fourth-order valence-corrected chi connectivity index (χ4v) is 3.62. The second-order valence-corrected chi connectivity index (χ2v) is 8.98. The fraction of sp³-hybridized carbons (Fsp3) is 0.778. The van der Waals surface area contributed by atoms with Crippen LogP contribution < -0.4 is 0 Å². The molecule has 2 N–H and O–H groups in total. The molecule has 0 aliphatic carbocycles. The average molecular weight is 366 g/mol. The summed E-state index contributed by atoms with van der Waals surface area (Å²) in [5.74, 6) is 0. The van der Waals surface area contributed by atoms with Gasteiger partial charge in [0.2, 0.25) is 12.2 Å². The van der Waals surface area contributed by atoms with Gasteiger partial charge in [-0.25, -0.2) is 14.6 Å². The zero-order valence-electron chi connectivity index (χ0n) is 16.9. The molecule has 8 heteroatoms. The Morgan fingerprint density at radius 1 is 1.00 bits per heavy atom. The Kier molecular flexibility index (Phi) is 6.16. The van der Waals surface area contributed by atoms with E-state index in [-0.39, 0.29) is 11.6 Å². The Bertz CT molecular complexity index is 669. The molecular weight excluding hydrogens is 336 g/mol. The molecule has 2 rings (SSSR count). The van der Waals surface area contributed by atoms with Crippen molar-refractivity contribution in [3.8, 4) is 0 Å². The standard InChI is InChI=1S/C9H16N2O2.C9H14N2O2/c2*1-8(2)5-7(10-6-12)9(3,4)11(8)13/h7,13H,5H2,1-4H3;5,13H,1-4H3. The molecule has 8 nitrogen and oxygen atoms in total. The average Bonchev–Trinajstić information content (AvgIpc) is 2.76. The van der Waals surface area contributed by atoms with E-state index >= 15 is 0 Å². The van der Waals surface area contributed by atoms with E-state index in [1.54, 1.807) is 26.0 Å². The molecule has 0 radical (unpaired) electrons. The molecule has 2 aliphatic rings. The van der Waals surface area contributed by atoms with Crippen LogP contribution in [0.1, 0.15) is 61.8 Å². The maximum atomic E-state index is 10.2. The highest BCUT2D eigenvalue weighted by Crippen LogP contribution is 2.40. The highest BCUT2D eigenvalue weighted by atomic mass is 16.5. The topological polar surface area (TPSA) is 106 Å². The summed E-state index contributed by atoms with van der Waals surface area (Å²) in [6.07, 6.45) is 5.49. The van der Waals surface area contributed by atoms with Crippen molar-refractivity contribution in [2.24, 2.45) is 9.98 Å². The van der Waals surface area contributed by atoms with Crippen molar-refractivity contribution in [2.75, 3.05) is 0 Å². The molecule has 0 aromatic carbocycles. The number of hydrogen-bond donors (Lipinski definition) is 2. The Morgan fingerprint density at radius 3 is 1.85 bits per heavy atom. The molecule has 0 aromatic heterocycles. The van der Waals surface area contributed by atoms with E-state index < -0.39 is 16.6 Å². The lowest BCUT2D eigenvalue weighted by Gasteiger charge is -2.34. The van der Waals surface area contributed by atoms with Crippen LogP contribution in [0.15, 0.2) is 21.8 Å². The number of carbonyl (C=O) groups excluding carboxylic acids is 2. The number of isocyanates is 2. The largest absolute Gasteiger partial charge is 0.313 e. The van der Waals surface area contributed by atoms with Gasteiger partial charge in [0, 0.05) is 5.54 Å². The molecule has 0 aromatic rings. The van der Waals surface area contributed by atoms with E-state index in [0.29, 0.717) is 12.1 Å². The lowest BCUT2D eigenvalue weighted by molar-refractivity contribution is -0.193. The second kappa shape index (κ2) is 7.16. The summed E-state index contributed by atoms with van der Waals surface area (Å²) in [5.41, 5.74) is -1.37. The molecule has 2 heterocycles. The first kappa shape index (κ1) is 22.4. The summed E-state index contributed by atoms with van der Waals surface area (Å²) in [6.45, 7) is 14.9. The molecule has 146 valence electrons. The number of nitrogens with zero attached hydrogens (tertiary/aromatic N) is 4. The first-order valence-corrected chi connectivity index (χ1v) is 8.51. The minimum absolute atomic E-state index is 0.176. The van der Waals surface area contributed by atoms with E-state index in [1.807, 2.05) is 41.5 Å². The summed E-state index contributed by atoms with van der Waals surface area (Å²) < 4.78 is 0. The Hall–Kier alpha value is -1.66. The van der Waals surface area contributed by atoms with E-state index in [0.717, 1.165) is 0 Å². The SMILES string of the molecule is CC1(C)C=C(N=C=O)C(C)(C)N1O.CC1(C)CC(N=C=O)C(C)(C)N1O. The van der Waals surface area contributed by atoms with Gasteiger partial charge in [0.25, 0.3) is 0 Å². The molecule has 1 atom stereocenters. The van der Waals surface area contributed by atoms with Crippen LogP contribution in [-0.4, -0.2) is 60.9 Å². The van der Waals surface area contributed by atoms with E-state index in [4.69, 9.17) is 0 Å². The number of rotatable bonds is 2. The van der Waals surface area contributed by atoms with Gasteiger partial charge in [-0.3, -0.25) is 0 Å². The van der Waals surface area contributed by atoms with Gasteiger partial charge in [0.15, 0.2) is 0 Å². The predicted molar refractivity (Wildman–Crippen MR) is 96.3 cm³/mol. The maximum absolute atomic E-state index is 10.2. The lowest BCUT2D eigenvalue weighted by atomic mass is 9.95. The van der Waals surface area contributed by atoms with Crippen LogP contribution in [-0.2, 0) is 9.59 Å². The molecule has 0 saturated carbocycles. The van der Waals surface area contributed by atoms with Gasteiger partial charge in [0.1, 0.15) is 0 Å². The Balaban J connectivity index is 0.000000260. The Labute approximate surface area is 154 Å². The smallest absolute Gasteiger partial charge is 0.240 e. The van der Waals surface area contributed by atoms with Crippen molar-refractivity contribution >= 4 is 12.2 Å². The first-order chi connectivity index (χ1) is 11.6. The van der Waals surface area contributed by atoms with Gasteiger partial charge < -0.3 is 10.4 Å². The van der Waals surface area contributed by atoms with Crippen LogP contribution in [0.2, 0.25) is 0 Å². The van der Waals surface area contributed by atoms with Crippen molar-refractivity contribution in [3.63, 3.8) is 0 Å². The summed E-state index contributed by atoms with van der Waals surface area (Å²) in [7, 11) is 0. The van der Waals surface area contributed by atoms with E-state index in [9.17, 15) is 20.0 Å². The van der Waals surface area contributed by atoms with E-state index in [2.05, 4.69) is 9.98 Å². The van der Waals surface area contributed by atoms with Gasteiger partial charge in [-0.05, 0) is 67.9 Å². The summed E-state index contributed by atoms with van der Waals surface area (Å²) in [6, 6.07) is -0.176. The van der Waals surface area contributed by atoms with Crippen LogP contribution in [0.4, 0.5) is 0 Å². The molecule has 1 fully saturated rings. The minimum Gasteiger partial charge on any atom is -0.313 e. The van der Waals surface area contributed by atoms with Crippen LogP contribution in [0.25, 0.3) is 0 Å². The lowest BCUT2D eigenvalue weighted by Crippen LogP contribution is -2.48. The van der Waals surface area contributed by atoms with Crippen molar-refractivity contribution in [1.29, 1.82) is 0 Å². The number of hydroxylamine groups is 4. The van der Waals surface area contributed by atoms with Gasteiger partial charge in [-0.2, -0.15) is 15.1 Å². The molecule has 1 unspecified atom stereocenters. The monoisotopic (exact) mass is 366 g/mol. The quantitative estimate of drug-likeness (QED) is 0.575. The third kappa shape index (κ3) is 4.01. The predicted octanol–water partition coefficient (Wildman–Crippen LogP) is 2.81. The summed E-state index contributed by atoms with van der Waals surface area (Å²) in [4.78, 5) is 27.6. The van der Waals surface area contributed by atoms with Gasteiger partial charge in [-0.1, -0.05) is 0 Å². The maximum Gasteiger partial charge on any atom is 0.240 e. The molecule has 26 heavy (non-hydrogen) atoms. The first-order valence-electron chi connectivity index (χ1n) is 8.51. The molecule has 0 bridgehead atoms. The highest BCUT2D eigenvalue weighted by molar-refractivity contribution is 5.42. The van der Waals surface area contributed by atoms with Gasteiger partial charge >= 0.3 is 0 Å². The zero-order chi connectivity index (χ0) is 20.6. The molecule has 2 aliphatic heterocycles. The zero-order valence-corrected chi connectivity index (χ0v) is 16.9. The van der Waals surface area contributed by atoms with Crippen LogP contribution in [0, 0.1) is 0 Å². The van der Waals surface area contributed by atoms with Crippen LogP contribution in [0.5, 0.6) is 0 Å².